The van der Waals surface area contributed by atoms with E-state index in [2.05, 4.69) is 43.2 Å². The minimum atomic E-state index is -3.76. The van der Waals surface area contributed by atoms with Crippen molar-refractivity contribution in [3.05, 3.63) is 52.5 Å². The topological polar surface area (TPSA) is 90.0 Å². The van der Waals surface area contributed by atoms with E-state index in [4.69, 9.17) is 0 Å². The average molecular weight is 578 g/mol. The second kappa shape index (κ2) is 11.7. The Balaban J connectivity index is 1.27. The molecule has 10 heteroatoms. The van der Waals surface area contributed by atoms with Crippen molar-refractivity contribution in [2.24, 2.45) is 0 Å². The molecule has 1 fully saturated rings. The highest BCUT2D eigenvalue weighted by Crippen LogP contribution is 2.38. The van der Waals surface area contributed by atoms with Crippen LogP contribution < -0.4 is 15.1 Å². The summed E-state index contributed by atoms with van der Waals surface area (Å²) < 4.78 is 27.1. The quantitative estimate of drug-likeness (QED) is 0.493. The number of nitrogens with one attached hydrogen (secondary N) is 1. The lowest BCUT2D eigenvalue weighted by Gasteiger charge is -2.36. The summed E-state index contributed by atoms with van der Waals surface area (Å²) in [6.45, 7) is 7.15. The predicted octanol–water partition coefficient (Wildman–Crippen LogP) is 2.85. The number of anilines is 2. The molecule has 2 aliphatic heterocycles. The van der Waals surface area contributed by atoms with Crippen LogP contribution >= 0.6 is 15.9 Å². The van der Waals surface area contributed by atoms with Crippen LogP contribution in [-0.4, -0.2) is 76.7 Å². The highest BCUT2D eigenvalue weighted by Gasteiger charge is 2.32. The van der Waals surface area contributed by atoms with Crippen LogP contribution in [0.3, 0.4) is 0 Å². The Morgan fingerprint density at radius 3 is 2.44 bits per heavy atom. The van der Waals surface area contributed by atoms with E-state index in [0.29, 0.717) is 36.1 Å². The first kappa shape index (κ1) is 26.6. The number of piperazine rings is 1. The van der Waals surface area contributed by atoms with Gasteiger partial charge in [0.15, 0.2) is 9.84 Å². The van der Waals surface area contributed by atoms with E-state index in [9.17, 15) is 18.0 Å². The van der Waals surface area contributed by atoms with Crippen LogP contribution in [0.15, 0.2) is 51.8 Å². The van der Waals surface area contributed by atoms with Gasteiger partial charge in [0, 0.05) is 68.8 Å². The number of hydrogen-bond donors (Lipinski definition) is 1. The SMILES string of the molecule is CCC(=O)N1CCc2cc(Br)cc(S(=O)(=O)CCC(=O)NCCN3CCN(c4ccccc4)CC3)c21. The third-order valence-electron chi connectivity index (χ3n) is 6.77. The lowest BCUT2D eigenvalue weighted by Crippen LogP contribution is -2.48. The van der Waals surface area contributed by atoms with E-state index >= 15 is 0 Å². The molecule has 0 spiro atoms. The molecule has 0 aromatic heterocycles. The van der Waals surface area contributed by atoms with Crippen molar-refractivity contribution in [3.8, 4) is 0 Å². The molecule has 0 aliphatic carbocycles. The summed E-state index contributed by atoms with van der Waals surface area (Å²) in [5.74, 6) is -0.685. The summed E-state index contributed by atoms with van der Waals surface area (Å²) in [6, 6.07) is 13.7. The zero-order valence-electron chi connectivity index (χ0n) is 20.6. The number of benzene rings is 2. The molecule has 2 aromatic carbocycles. The average Bonchev–Trinajstić information content (AvgIpc) is 3.31. The minimum absolute atomic E-state index is 0.102. The lowest BCUT2D eigenvalue weighted by molar-refractivity contribution is -0.121. The van der Waals surface area contributed by atoms with Crippen molar-refractivity contribution in [1.29, 1.82) is 0 Å². The minimum Gasteiger partial charge on any atom is -0.369 e. The van der Waals surface area contributed by atoms with Crippen LogP contribution in [0.5, 0.6) is 0 Å². The van der Waals surface area contributed by atoms with Crippen LogP contribution in [0.2, 0.25) is 0 Å². The van der Waals surface area contributed by atoms with Crippen molar-refractivity contribution in [1.82, 2.24) is 10.2 Å². The summed E-state index contributed by atoms with van der Waals surface area (Å²) in [5.41, 5.74) is 2.53. The van der Waals surface area contributed by atoms with Crippen LogP contribution in [0.4, 0.5) is 11.4 Å². The second-order valence-corrected chi connectivity index (χ2v) is 12.1. The molecule has 0 bridgehead atoms. The van der Waals surface area contributed by atoms with Gasteiger partial charge in [-0.2, -0.15) is 0 Å². The van der Waals surface area contributed by atoms with E-state index in [1.807, 2.05) is 24.3 Å². The van der Waals surface area contributed by atoms with Gasteiger partial charge in [0.2, 0.25) is 11.8 Å². The smallest absolute Gasteiger partial charge is 0.226 e. The summed E-state index contributed by atoms with van der Waals surface area (Å²) in [6.07, 6.45) is 0.801. The monoisotopic (exact) mass is 576 g/mol. The van der Waals surface area contributed by atoms with E-state index in [0.717, 1.165) is 38.3 Å². The van der Waals surface area contributed by atoms with Gasteiger partial charge in [-0.15, -0.1) is 0 Å². The predicted molar refractivity (Wildman–Crippen MR) is 145 cm³/mol. The summed E-state index contributed by atoms with van der Waals surface area (Å²) in [4.78, 5) is 31.2. The number of nitrogens with zero attached hydrogens (tertiary/aromatic N) is 3. The van der Waals surface area contributed by atoms with Gasteiger partial charge < -0.3 is 15.1 Å². The number of carbonyl (C=O) groups is 2. The molecule has 0 saturated carbocycles. The molecule has 2 amide bonds. The van der Waals surface area contributed by atoms with Gasteiger partial charge >= 0.3 is 0 Å². The normalized spacial score (nSPS) is 16.2. The van der Waals surface area contributed by atoms with Gasteiger partial charge in [-0.25, -0.2) is 8.42 Å². The van der Waals surface area contributed by atoms with Crippen LogP contribution in [0, 0.1) is 0 Å². The standard InChI is InChI=1S/C26H33BrN4O4S/c1-2-25(33)31-11-8-20-18-21(27)19-23(26(20)31)36(34,35)17-9-24(32)28-10-12-29-13-15-30(16-14-29)22-6-4-3-5-7-22/h3-7,18-19H,2,8-17H2,1H3,(H,28,32). The largest absolute Gasteiger partial charge is 0.369 e. The third-order valence-corrected chi connectivity index (χ3v) is 8.95. The van der Waals surface area contributed by atoms with Crippen molar-refractivity contribution in [3.63, 3.8) is 0 Å². The molecule has 2 aromatic rings. The van der Waals surface area contributed by atoms with Crippen LogP contribution in [-0.2, 0) is 25.8 Å². The number of sulfone groups is 1. The van der Waals surface area contributed by atoms with E-state index < -0.39 is 9.84 Å². The Kier molecular flexibility index (Phi) is 8.69. The number of halogens is 1. The number of fused-ring (bicyclic) bond motifs is 1. The molecular weight excluding hydrogens is 544 g/mol. The van der Waals surface area contributed by atoms with Gasteiger partial charge in [-0.05, 0) is 36.2 Å². The Bertz CT molecular complexity index is 1200. The van der Waals surface area contributed by atoms with Crippen molar-refractivity contribution < 1.29 is 18.0 Å². The molecule has 194 valence electrons. The molecular formula is C26H33BrN4O4S. The Morgan fingerprint density at radius 1 is 1.03 bits per heavy atom. The van der Waals surface area contributed by atoms with Gasteiger partial charge in [0.05, 0.1) is 16.3 Å². The Labute approximate surface area is 221 Å². The molecule has 2 aliphatic rings. The number of hydrogen-bond acceptors (Lipinski definition) is 6. The maximum atomic E-state index is 13.2. The maximum Gasteiger partial charge on any atom is 0.226 e. The zero-order chi connectivity index (χ0) is 25.7. The highest BCUT2D eigenvalue weighted by molar-refractivity contribution is 9.10. The Morgan fingerprint density at radius 2 is 1.75 bits per heavy atom. The summed E-state index contributed by atoms with van der Waals surface area (Å²) >= 11 is 3.40. The molecule has 36 heavy (non-hydrogen) atoms. The third kappa shape index (κ3) is 6.27. The fraction of sp³-hybridized carbons (Fsp3) is 0.462. The van der Waals surface area contributed by atoms with Crippen LogP contribution in [0.1, 0.15) is 25.3 Å². The molecule has 8 nitrogen and oxygen atoms in total. The van der Waals surface area contributed by atoms with Gasteiger partial charge in [0.1, 0.15) is 0 Å². The number of carbonyl (C=O) groups excluding carboxylic acids is 2. The van der Waals surface area contributed by atoms with E-state index in [1.165, 1.54) is 5.69 Å². The molecule has 0 radical (unpaired) electrons. The number of amides is 2. The van der Waals surface area contributed by atoms with E-state index in [-0.39, 0.29) is 28.9 Å². The second-order valence-electron chi connectivity index (χ2n) is 9.14. The van der Waals surface area contributed by atoms with Crippen molar-refractivity contribution in [2.45, 2.75) is 31.1 Å². The fourth-order valence-corrected chi connectivity index (χ4v) is 6.97. The molecule has 4 rings (SSSR count). The number of rotatable bonds is 9. The molecule has 1 saturated heterocycles. The molecule has 0 unspecified atom stereocenters. The van der Waals surface area contributed by atoms with Crippen molar-refractivity contribution in [2.75, 3.05) is 61.4 Å². The Hall–Kier alpha value is -2.43. The number of para-hydroxylation sites is 1. The van der Waals surface area contributed by atoms with E-state index in [1.54, 1.807) is 17.9 Å². The van der Waals surface area contributed by atoms with Gasteiger partial charge in [-0.3, -0.25) is 14.5 Å². The fourth-order valence-electron chi connectivity index (χ4n) is 4.79. The first-order valence-corrected chi connectivity index (χ1v) is 14.9. The van der Waals surface area contributed by atoms with Crippen molar-refractivity contribution >= 4 is 49.0 Å². The van der Waals surface area contributed by atoms with Gasteiger partial charge in [-0.1, -0.05) is 41.1 Å². The highest BCUT2D eigenvalue weighted by atomic mass is 79.9. The first-order chi connectivity index (χ1) is 17.3. The van der Waals surface area contributed by atoms with Gasteiger partial charge in [0.25, 0.3) is 0 Å². The molecule has 2 heterocycles. The lowest BCUT2D eigenvalue weighted by atomic mass is 10.2. The zero-order valence-corrected chi connectivity index (χ0v) is 23.0. The molecule has 0 atom stereocenters. The molecule has 1 N–H and O–H groups in total. The van der Waals surface area contributed by atoms with Crippen LogP contribution in [0.25, 0.3) is 0 Å². The summed E-state index contributed by atoms with van der Waals surface area (Å²) in [5, 5.41) is 2.86. The maximum absolute atomic E-state index is 13.2. The summed E-state index contributed by atoms with van der Waals surface area (Å²) in [7, 11) is -3.76. The first-order valence-electron chi connectivity index (χ1n) is 12.4.